The summed E-state index contributed by atoms with van der Waals surface area (Å²) < 4.78 is 10.4. The van der Waals surface area contributed by atoms with Gasteiger partial charge in [-0.3, -0.25) is 14.7 Å². The van der Waals surface area contributed by atoms with Gasteiger partial charge in [0.15, 0.2) is 0 Å². The molecule has 0 aromatic heterocycles. The molecule has 0 heterocycles. The van der Waals surface area contributed by atoms with Crippen molar-refractivity contribution in [2.45, 2.75) is 45.1 Å². The number of benzene rings is 2. The van der Waals surface area contributed by atoms with E-state index in [0.717, 1.165) is 37.0 Å². The molecule has 293 valence electrons. The van der Waals surface area contributed by atoms with Crippen LogP contribution >= 0.6 is 8.17 Å². The maximum absolute atomic E-state index is 13.0. The van der Waals surface area contributed by atoms with Gasteiger partial charge < -0.3 is 54.4 Å². The number of carbonyl (C=O) groups is 5. The van der Waals surface area contributed by atoms with Crippen molar-refractivity contribution in [3.8, 4) is 0 Å². The first kappa shape index (κ1) is 48.3. The van der Waals surface area contributed by atoms with Crippen LogP contribution in [0.4, 0.5) is 0 Å². The van der Waals surface area contributed by atoms with E-state index in [2.05, 4.69) is 0 Å². The largest absolute Gasteiger partial charge is 3.00 e. The predicted octanol–water partition coefficient (Wildman–Crippen LogP) is -5.52. The van der Waals surface area contributed by atoms with E-state index < -0.39 is 95.3 Å². The fraction of sp³-hybridized carbons (Fsp3) is 0.500. The first-order chi connectivity index (χ1) is 24.3. The van der Waals surface area contributed by atoms with Gasteiger partial charge in [-0.1, -0.05) is 66.6 Å². The summed E-state index contributed by atoms with van der Waals surface area (Å²) >= 11 is 0. The molecule has 0 saturated heterocycles. The van der Waals surface area contributed by atoms with Crippen molar-refractivity contribution in [1.82, 2.24) is 14.7 Å². The minimum atomic E-state index is -4.88. The van der Waals surface area contributed by atoms with Crippen molar-refractivity contribution in [3.05, 3.63) is 70.8 Å². The normalized spacial score (nSPS) is 13.4. The average Bonchev–Trinajstić information content (AvgIpc) is 3.02. The van der Waals surface area contributed by atoms with Gasteiger partial charge in [0.1, 0.15) is 6.61 Å². The number of hydrogen-bond donors (Lipinski definition) is 1. The molecule has 0 amide bonds. The zero-order valence-corrected chi connectivity index (χ0v) is 32.7. The minimum Gasteiger partial charge on any atom is -0.606 e. The zero-order valence-electron chi connectivity index (χ0n) is 29.6. The molecule has 2 rings (SSSR count). The third-order valence-electron chi connectivity index (χ3n) is 8.32. The molecule has 2 atom stereocenters. The Morgan fingerprint density at radius 1 is 0.698 bits per heavy atom. The fourth-order valence-electron chi connectivity index (χ4n) is 5.62. The molecule has 19 heteroatoms. The third kappa shape index (κ3) is 18.4. The van der Waals surface area contributed by atoms with Crippen LogP contribution in [0.15, 0.2) is 48.5 Å². The van der Waals surface area contributed by atoms with Gasteiger partial charge in [-0.05, 0) is 37.8 Å². The van der Waals surface area contributed by atoms with Gasteiger partial charge in [0.2, 0.25) is 0 Å². The van der Waals surface area contributed by atoms with Gasteiger partial charge in [-0.15, -0.1) is 0 Å². The Balaban J connectivity index is 0.0000140. The zero-order chi connectivity index (χ0) is 39.1. The molecule has 0 bridgehead atoms. The number of phosphoric acid groups is 1. The van der Waals surface area contributed by atoms with E-state index in [4.69, 9.17) is 9.05 Å². The molecule has 0 aliphatic rings. The van der Waals surface area contributed by atoms with Crippen molar-refractivity contribution in [3.63, 3.8) is 0 Å². The summed E-state index contributed by atoms with van der Waals surface area (Å²) in [7, 11) is -4.88. The van der Waals surface area contributed by atoms with Crippen LogP contribution in [0.1, 0.15) is 42.0 Å². The SMILES string of the molecule is Cc1ccc(C(C)(CCCO[P+]([O-])(O)OCC(CN(CCN(CC(=O)[O-])CC(=O)[O-])CC(=O)[O-])N(CC(=O)[O-])CC(=O)[O-])c2ccc(C)cc2)cc1.[Gd+3]. The number of carboxylic acids is 5. The summed E-state index contributed by atoms with van der Waals surface area (Å²) in [6, 6.07) is 14.6. The molecule has 0 fully saturated rings. The monoisotopic (exact) mass is 906 g/mol. The van der Waals surface area contributed by atoms with Crippen LogP contribution in [0.25, 0.3) is 0 Å². The Hall–Kier alpha value is -2.74. The maximum atomic E-state index is 13.0. The number of carboxylic acid groups (broad SMARTS) is 5. The van der Waals surface area contributed by atoms with Gasteiger partial charge in [-0.25, -0.2) is 0 Å². The van der Waals surface area contributed by atoms with Crippen LogP contribution in [0.2, 0.25) is 0 Å². The van der Waals surface area contributed by atoms with Crippen molar-refractivity contribution in [1.29, 1.82) is 0 Å². The molecule has 2 aromatic carbocycles. The number of carbonyl (C=O) groups excluding carboxylic acids is 5. The Labute approximate surface area is 340 Å². The molecule has 2 aromatic rings. The maximum Gasteiger partial charge on any atom is 3.00 e. The smallest absolute Gasteiger partial charge is 0.606 e. The number of nitrogens with zero attached hydrogens (tertiary/aromatic N) is 3. The topological polar surface area (TPSA) is 272 Å². The van der Waals surface area contributed by atoms with Crippen LogP contribution in [0.5, 0.6) is 0 Å². The van der Waals surface area contributed by atoms with Gasteiger partial charge >= 0.3 is 48.1 Å². The van der Waals surface area contributed by atoms with Gasteiger partial charge in [-0.2, -0.15) is 13.9 Å². The number of aliphatic carboxylic acids is 5. The van der Waals surface area contributed by atoms with Crippen LogP contribution in [-0.2, 0) is 38.4 Å². The Kier molecular flexibility index (Phi) is 21.2. The van der Waals surface area contributed by atoms with E-state index in [0.29, 0.717) is 6.42 Å². The van der Waals surface area contributed by atoms with Crippen molar-refractivity contribution in [2.24, 2.45) is 0 Å². The van der Waals surface area contributed by atoms with E-state index in [9.17, 15) is 59.3 Å². The molecule has 0 spiro atoms. The number of hydrogen-bond acceptors (Lipinski definition) is 17. The van der Waals surface area contributed by atoms with E-state index in [-0.39, 0.29) is 66.1 Å². The Morgan fingerprint density at radius 3 is 1.51 bits per heavy atom. The van der Waals surface area contributed by atoms with E-state index in [1.165, 1.54) is 0 Å². The minimum absolute atomic E-state index is 0. The summed E-state index contributed by atoms with van der Waals surface area (Å²) in [6.07, 6.45) is 0.766. The van der Waals surface area contributed by atoms with Crippen molar-refractivity contribution in [2.75, 3.05) is 65.6 Å². The second-order valence-electron chi connectivity index (χ2n) is 12.6. The standard InChI is InChI=1S/C34H48N3O14P.Gd/c1-24-5-9-26(10-6-24)34(3,27-11-7-25(2)8-12-27)13-4-16-50-52(48,49)51-23-28(37(21-32(44)45)22-33(46)47)17-35(18-29(38)39)14-15-36(19-30(40)41)20-31(42)43;/h5-12,28H,4,13-23H2,1-3H3,(H,38,39)(H,40,41)(H,42,43)(H,44,45)(H,46,47)(H,48,49);/q;+3/p-5. The van der Waals surface area contributed by atoms with Crippen LogP contribution in [0.3, 0.4) is 0 Å². The van der Waals surface area contributed by atoms with Gasteiger partial charge in [0.05, 0.1) is 42.5 Å². The van der Waals surface area contributed by atoms with Crippen molar-refractivity contribution >= 4 is 38.0 Å². The van der Waals surface area contributed by atoms with E-state index in [1.807, 2.05) is 69.3 Å². The second kappa shape index (κ2) is 23.2. The molecule has 1 N–H and O–H groups in total. The molecule has 1 radical (unpaired) electrons. The summed E-state index contributed by atoms with van der Waals surface area (Å²) in [5.41, 5.74) is 3.66. The first-order valence-corrected chi connectivity index (χ1v) is 17.7. The van der Waals surface area contributed by atoms with Crippen LogP contribution in [0, 0.1) is 53.8 Å². The molecular formula is C34H43GdN3O14P-2. The average molecular weight is 906 g/mol. The Morgan fingerprint density at radius 2 is 1.09 bits per heavy atom. The third-order valence-corrected chi connectivity index (χ3v) is 9.31. The van der Waals surface area contributed by atoms with E-state index >= 15 is 0 Å². The van der Waals surface area contributed by atoms with Crippen LogP contribution in [-0.4, -0.2) is 121 Å². The quantitative estimate of drug-likeness (QED) is 0.0681. The van der Waals surface area contributed by atoms with Gasteiger partial charge in [0.25, 0.3) is 0 Å². The van der Waals surface area contributed by atoms with Crippen LogP contribution < -0.4 is 30.4 Å². The molecule has 17 nitrogen and oxygen atoms in total. The summed E-state index contributed by atoms with van der Waals surface area (Å²) in [4.78, 5) is 82.8. The van der Waals surface area contributed by atoms with E-state index in [1.54, 1.807) is 0 Å². The Bertz CT molecular complexity index is 1420. The second-order valence-corrected chi connectivity index (χ2v) is 14.1. The molecule has 2 unspecified atom stereocenters. The molecule has 0 saturated carbocycles. The molecule has 0 aliphatic heterocycles. The molecular weight excluding hydrogens is 863 g/mol. The first-order valence-electron chi connectivity index (χ1n) is 16.2. The predicted molar refractivity (Wildman–Crippen MR) is 172 cm³/mol. The van der Waals surface area contributed by atoms with Gasteiger partial charge in [0, 0.05) is 57.8 Å². The number of phosphoric ester groups is 1. The fourth-order valence-corrected chi connectivity index (χ4v) is 6.41. The summed E-state index contributed by atoms with van der Waals surface area (Å²) in [6.45, 7) is -1.12. The summed E-state index contributed by atoms with van der Waals surface area (Å²) in [5, 5.41) is 56.6. The number of aryl methyl sites for hydroxylation is 2. The molecule has 53 heavy (non-hydrogen) atoms. The number of rotatable bonds is 26. The molecule has 0 aliphatic carbocycles. The summed E-state index contributed by atoms with van der Waals surface area (Å²) in [5.74, 6) is -8.43. The van der Waals surface area contributed by atoms with Crippen molar-refractivity contribution < 1.29 is 108 Å².